The van der Waals surface area contributed by atoms with Crippen molar-refractivity contribution in [1.82, 2.24) is 9.78 Å². The van der Waals surface area contributed by atoms with E-state index in [0.29, 0.717) is 5.69 Å². The molecule has 0 saturated carbocycles. The van der Waals surface area contributed by atoms with E-state index in [-0.39, 0.29) is 0 Å². The molecule has 0 amide bonds. The Labute approximate surface area is 80.5 Å². The van der Waals surface area contributed by atoms with Crippen LogP contribution in [0.5, 0.6) is 0 Å². The number of isocyanates is 1. The van der Waals surface area contributed by atoms with Crippen molar-refractivity contribution in [3.05, 3.63) is 42.7 Å². The first-order chi connectivity index (χ1) is 6.90. The Bertz CT molecular complexity index is 470. The summed E-state index contributed by atoms with van der Waals surface area (Å²) in [5.41, 5.74) is 1.44. The van der Waals surface area contributed by atoms with E-state index < -0.39 is 0 Å². The van der Waals surface area contributed by atoms with Crippen LogP contribution in [0.3, 0.4) is 0 Å². The van der Waals surface area contributed by atoms with Gasteiger partial charge in [-0.25, -0.2) is 9.48 Å². The Kier molecular flexibility index (Phi) is 2.21. The molecule has 0 aliphatic rings. The van der Waals surface area contributed by atoms with E-state index in [1.54, 1.807) is 23.0 Å². The third-order valence-electron chi connectivity index (χ3n) is 1.77. The van der Waals surface area contributed by atoms with Gasteiger partial charge in [0.2, 0.25) is 6.08 Å². The molecule has 4 heteroatoms. The average molecular weight is 185 g/mol. The number of benzene rings is 1. The van der Waals surface area contributed by atoms with Gasteiger partial charge < -0.3 is 0 Å². The minimum atomic E-state index is 0.577. The van der Waals surface area contributed by atoms with Gasteiger partial charge in [0.25, 0.3) is 0 Å². The number of carbonyl (C=O) groups excluding carboxylic acids is 1. The summed E-state index contributed by atoms with van der Waals surface area (Å²) in [4.78, 5) is 13.6. The standard InChI is InChI=1S/C10H7N3O/c14-8-11-9-3-1-4-10(7-9)13-6-2-5-12-13/h1-7H. The minimum Gasteiger partial charge on any atom is -0.241 e. The zero-order chi connectivity index (χ0) is 9.80. The first-order valence-electron chi connectivity index (χ1n) is 4.08. The van der Waals surface area contributed by atoms with E-state index in [9.17, 15) is 4.79 Å². The maximum Gasteiger partial charge on any atom is 0.240 e. The van der Waals surface area contributed by atoms with Crippen molar-refractivity contribution in [1.29, 1.82) is 0 Å². The second-order valence-electron chi connectivity index (χ2n) is 2.67. The number of hydrogen-bond donors (Lipinski definition) is 0. The van der Waals surface area contributed by atoms with E-state index in [1.165, 1.54) is 6.08 Å². The molecule has 2 aromatic rings. The molecule has 68 valence electrons. The van der Waals surface area contributed by atoms with Crippen LogP contribution in [0, 0.1) is 0 Å². The molecule has 1 aromatic carbocycles. The normalized spacial score (nSPS) is 9.43. The predicted octanol–water partition coefficient (Wildman–Crippen LogP) is 1.84. The average Bonchev–Trinajstić information content (AvgIpc) is 2.71. The molecule has 0 atom stereocenters. The van der Waals surface area contributed by atoms with Gasteiger partial charge in [0.05, 0.1) is 11.4 Å². The fourth-order valence-electron chi connectivity index (χ4n) is 1.18. The van der Waals surface area contributed by atoms with E-state index in [1.807, 2.05) is 24.4 Å². The largest absolute Gasteiger partial charge is 0.241 e. The third-order valence-corrected chi connectivity index (χ3v) is 1.77. The van der Waals surface area contributed by atoms with Crippen LogP contribution in [0.4, 0.5) is 5.69 Å². The molecule has 1 heterocycles. The summed E-state index contributed by atoms with van der Waals surface area (Å²) in [5, 5.41) is 4.06. The van der Waals surface area contributed by atoms with Crippen LogP contribution >= 0.6 is 0 Å². The van der Waals surface area contributed by atoms with Crippen LogP contribution in [0.25, 0.3) is 5.69 Å². The minimum absolute atomic E-state index is 0.577. The second kappa shape index (κ2) is 3.68. The molecule has 0 aliphatic carbocycles. The van der Waals surface area contributed by atoms with E-state index in [0.717, 1.165) is 5.69 Å². The highest BCUT2D eigenvalue weighted by Gasteiger charge is 1.96. The Morgan fingerprint density at radius 3 is 3.00 bits per heavy atom. The summed E-state index contributed by atoms with van der Waals surface area (Å²) in [6, 6.07) is 9.02. The van der Waals surface area contributed by atoms with Crippen molar-refractivity contribution in [3.8, 4) is 5.69 Å². The van der Waals surface area contributed by atoms with Crippen LogP contribution in [0.1, 0.15) is 0 Å². The van der Waals surface area contributed by atoms with Gasteiger partial charge in [-0.3, -0.25) is 0 Å². The maximum absolute atomic E-state index is 10.1. The van der Waals surface area contributed by atoms with Gasteiger partial charge in [0.1, 0.15) is 0 Å². The molecule has 0 saturated heterocycles. The van der Waals surface area contributed by atoms with Crippen molar-refractivity contribution in [2.75, 3.05) is 0 Å². The lowest BCUT2D eigenvalue weighted by atomic mass is 10.3. The lowest BCUT2D eigenvalue weighted by Gasteiger charge is -2.00. The third kappa shape index (κ3) is 1.60. The number of aliphatic imine (C=N–C) groups is 1. The molecule has 0 radical (unpaired) electrons. The smallest absolute Gasteiger partial charge is 0.240 e. The monoisotopic (exact) mass is 185 g/mol. The Balaban J connectivity index is 2.45. The number of nitrogens with zero attached hydrogens (tertiary/aromatic N) is 3. The van der Waals surface area contributed by atoms with Crippen LogP contribution in [-0.2, 0) is 4.79 Å². The molecule has 1 aromatic heterocycles. The highest BCUT2D eigenvalue weighted by atomic mass is 16.1. The Morgan fingerprint density at radius 2 is 2.29 bits per heavy atom. The lowest BCUT2D eigenvalue weighted by Crippen LogP contribution is -1.92. The van der Waals surface area contributed by atoms with E-state index in [2.05, 4.69) is 10.1 Å². The zero-order valence-corrected chi connectivity index (χ0v) is 7.29. The van der Waals surface area contributed by atoms with Crippen molar-refractivity contribution < 1.29 is 4.79 Å². The number of rotatable bonds is 2. The molecule has 0 unspecified atom stereocenters. The van der Waals surface area contributed by atoms with Gasteiger partial charge in [-0.05, 0) is 24.3 Å². The van der Waals surface area contributed by atoms with Crippen molar-refractivity contribution >= 4 is 11.8 Å². The summed E-state index contributed by atoms with van der Waals surface area (Å²) >= 11 is 0. The Hall–Kier alpha value is -2.19. The van der Waals surface area contributed by atoms with Gasteiger partial charge >= 0.3 is 0 Å². The van der Waals surface area contributed by atoms with Gasteiger partial charge in [0.15, 0.2) is 0 Å². The van der Waals surface area contributed by atoms with Crippen LogP contribution in [0.15, 0.2) is 47.7 Å². The van der Waals surface area contributed by atoms with Gasteiger partial charge in [0, 0.05) is 12.4 Å². The summed E-state index contributed by atoms with van der Waals surface area (Å²) < 4.78 is 1.70. The number of hydrogen-bond acceptors (Lipinski definition) is 3. The Morgan fingerprint density at radius 1 is 1.36 bits per heavy atom. The molecule has 0 aliphatic heterocycles. The summed E-state index contributed by atoms with van der Waals surface area (Å²) in [6.07, 6.45) is 5.02. The van der Waals surface area contributed by atoms with Crippen molar-refractivity contribution in [2.45, 2.75) is 0 Å². The SMILES string of the molecule is O=C=Nc1cccc(-n2cccn2)c1. The van der Waals surface area contributed by atoms with Crippen LogP contribution in [-0.4, -0.2) is 15.9 Å². The second-order valence-corrected chi connectivity index (χ2v) is 2.67. The van der Waals surface area contributed by atoms with Crippen LogP contribution < -0.4 is 0 Å². The van der Waals surface area contributed by atoms with Crippen molar-refractivity contribution in [3.63, 3.8) is 0 Å². The van der Waals surface area contributed by atoms with Crippen molar-refractivity contribution in [2.24, 2.45) is 4.99 Å². The molecule has 0 N–H and O–H groups in total. The quantitative estimate of drug-likeness (QED) is 0.529. The van der Waals surface area contributed by atoms with E-state index >= 15 is 0 Å². The topological polar surface area (TPSA) is 47.2 Å². The lowest BCUT2D eigenvalue weighted by molar-refractivity contribution is 0.565. The summed E-state index contributed by atoms with van der Waals surface area (Å²) in [6.45, 7) is 0. The molecular weight excluding hydrogens is 178 g/mol. The fraction of sp³-hybridized carbons (Fsp3) is 0. The van der Waals surface area contributed by atoms with Gasteiger partial charge in [-0.2, -0.15) is 10.1 Å². The molecule has 4 nitrogen and oxygen atoms in total. The molecule has 2 rings (SSSR count). The van der Waals surface area contributed by atoms with E-state index in [4.69, 9.17) is 0 Å². The molecule has 0 bridgehead atoms. The highest BCUT2D eigenvalue weighted by molar-refractivity contribution is 5.52. The summed E-state index contributed by atoms with van der Waals surface area (Å²) in [7, 11) is 0. The highest BCUT2D eigenvalue weighted by Crippen LogP contribution is 2.15. The first kappa shape index (κ1) is 8.41. The number of aromatic nitrogens is 2. The van der Waals surface area contributed by atoms with Gasteiger partial charge in [-0.1, -0.05) is 6.07 Å². The molecule has 14 heavy (non-hydrogen) atoms. The maximum atomic E-state index is 10.1. The zero-order valence-electron chi connectivity index (χ0n) is 7.29. The van der Waals surface area contributed by atoms with Crippen LogP contribution in [0.2, 0.25) is 0 Å². The fourth-order valence-corrected chi connectivity index (χ4v) is 1.18. The molecule has 0 spiro atoms. The predicted molar refractivity (Wildman–Crippen MR) is 51.3 cm³/mol. The molecular formula is C10H7N3O. The first-order valence-corrected chi connectivity index (χ1v) is 4.08. The summed E-state index contributed by atoms with van der Waals surface area (Å²) in [5.74, 6) is 0. The van der Waals surface area contributed by atoms with Gasteiger partial charge in [-0.15, -0.1) is 0 Å². The molecule has 0 fully saturated rings.